The minimum Gasteiger partial charge on any atom is -0.367 e. The molecule has 8 nitrogen and oxygen atoms in total. The van der Waals surface area contributed by atoms with Crippen LogP contribution in [0.5, 0.6) is 0 Å². The molecule has 46 heavy (non-hydrogen) atoms. The zero-order valence-electron chi connectivity index (χ0n) is 26.5. The molecule has 4 rings (SSSR count). The van der Waals surface area contributed by atoms with Gasteiger partial charge in [0.25, 0.3) is 0 Å². The van der Waals surface area contributed by atoms with E-state index in [2.05, 4.69) is 59.9 Å². The summed E-state index contributed by atoms with van der Waals surface area (Å²) in [5, 5.41) is 3.70. The molecular weight excluding hydrogens is 574 g/mol. The van der Waals surface area contributed by atoms with E-state index in [9.17, 15) is 0 Å². The number of nitrogens with zero attached hydrogens (tertiary/aromatic N) is 2. The summed E-state index contributed by atoms with van der Waals surface area (Å²) in [4.78, 5) is 9.82. The molecule has 0 fully saturated rings. The summed E-state index contributed by atoms with van der Waals surface area (Å²) in [6.45, 7) is 3.25. The highest BCUT2D eigenvalue weighted by atomic mass is 16.5. The molecule has 5 N–H and O–H groups in total. The van der Waals surface area contributed by atoms with E-state index in [0.29, 0.717) is 39.6 Å². The molecule has 0 bridgehead atoms. The first-order valence-corrected chi connectivity index (χ1v) is 16.0. The molecule has 2 atom stereocenters. The minimum atomic E-state index is 0.0511. The molecule has 0 aliphatic heterocycles. The Kier molecular flexibility index (Phi) is 15.8. The lowest BCUT2D eigenvalue weighted by atomic mass is 9.84. The molecule has 4 aromatic carbocycles. The fourth-order valence-corrected chi connectivity index (χ4v) is 5.37. The molecule has 0 aliphatic rings. The maximum Gasteiger partial charge on any atom is 0.138 e. The zero-order chi connectivity index (χ0) is 32.1. The second-order valence-electron chi connectivity index (χ2n) is 10.7. The highest BCUT2D eigenvalue weighted by Gasteiger charge is 2.24. The van der Waals surface area contributed by atoms with Crippen molar-refractivity contribution >= 4 is 11.4 Å². The molecule has 0 aliphatic carbocycles. The monoisotopic (exact) mass is 621 g/mol. The normalized spacial score (nSPS) is 13.4. The Morgan fingerprint density at radius 1 is 0.609 bits per heavy atom. The highest BCUT2D eigenvalue weighted by molar-refractivity contribution is 6.53. The van der Waals surface area contributed by atoms with E-state index in [4.69, 9.17) is 35.7 Å². The number of rotatable bonds is 21. The highest BCUT2D eigenvalue weighted by Crippen LogP contribution is 2.34. The van der Waals surface area contributed by atoms with Crippen LogP contribution in [0, 0.1) is 0 Å². The number of aliphatic imine (C=N–C) groups is 2. The second-order valence-corrected chi connectivity index (χ2v) is 10.7. The Hall–Kier alpha value is -4.02. The fourth-order valence-electron chi connectivity index (χ4n) is 5.37. The summed E-state index contributed by atoms with van der Waals surface area (Å²) in [6, 6.07) is 41.4. The summed E-state index contributed by atoms with van der Waals surface area (Å²) in [6.07, 6.45) is 1.85. The zero-order valence-corrected chi connectivity index (χ0v) is 26.5. The van der Waals surface area contributed by atoms with Gasteiger partial charge < -0.3 is 25.7 Å². The maximum atomic E-state index is 6.16. The molecular formula is C38H47N5O3. The molecule has 0 saturated carbocycles. The van der Waals surface area contributed by atoms with Gasteiger partial charge in [-0.05, 0) is 24.0 Å². The van der Waals surface area contributed by atoms with Gasteiger partial charge in [-0.2, -0.15) is 0 Å². The minimum absolute atomic E-state index is 0.0511. The van der Waals surface area contributed by atoms with E-state index in [-0.39, 0.29) is 25.4 Å². The van der Waals surface area contributed by atoms with Gasteiger partial charge in [-0.15, -0.1) is 0 Å². The SMILES string of the molecule is NCCOCN=C(C(=NCCOCNC(c1ccccc1)C(CCCOCN)c1ccccc1)c1ccccc1)c1ccccc1. The van der Waals surface area contributed by atoms with Crippen molar-refractivity contribution in [2.24, 2.45) is 21.5 Å². The van der Waals surface area contributed by atoms with Gasteiger partial charge in [0.05, 0.1) is 44.6 Å². The van der Waals surface area contributed by atoms with Crippen molar-refractivity contribution in [3.63, 3.8) is 0 Å². The number of hydrogen-bond donors (Lipinski definition) is 3. The van der Waals surface area contributed by atoms with Gasteiger partial charge >= 0.3 is 0 Å². The van der Waals surface area contributed by atoms with E-state index < -0.39 is 0 Å². The first-order valence-electron chi connectivity index (χ1n) is 16.0. The van der Waals surface area contributed by atoms with Gasteiger partial charge in [0.1, 0.15) is 6.73 Å². The van der Waals surface area contributed by atoms with Crippen molar-refractivity contribution in [1.82, 2.24) is 5.32 Å². The average Bonchev–Trinajstić information content (AvgIpc) is 3.12. The van der Waals surface area contributed by atoms with E-state index in [1.165, 1.54) is 11.1 Å². The standard InChI is InChI=1S/C38H47N5O3/c39-23-26-45-30-43-38(34-20-11-4-12-21-34)37(33-18-9-3-10-19-33)41-24-27-46-29-42-36(32-16-7-2-8-17-32)35(22-13-25-44-28-40)31-14-5-1-6-15-31/h1-12,14-21,35-36,42H,13,22-30,39-40H2. The number of benzene rings is 4. The van der Waals surface area contributed by atoms with Crippen molar-refractivity contribution in [1.29, 1.82) is 0 Å². The molecule has 0 saturated heterocycles. The average molecular weight is 622 g/mol. The Balaban J connectivity index is 1.47. The first kappa shape index (κ1) is 34.8. The molecule has 0 amide bonds. The number of ether oxygens (including phenoxy) is 3. The van der Waals surface area contributed by atoms with Crippen LogP contribution in [0.2, 0.25) is 0 Å². The van der Waals surface area contributed by atoms with E-state index in [0.717, 1.165) is 35.4 Å². The van der Waals surface area contributed by atoms with Crippen LogP contribution in [0.25, 0.3) is 0 Å². The van der Waals surface area contributed by atoms with Crippen LogP contribution in [-0.4, -0.2) is 64.5 Å². The largest absolute Gasteiger partial charge is 0.367 e. The predicted molar refractivity (Wildman–Crippen MR) is 187 cm³/mol. The summed E-state index contributed by atoms with van der Waals surface area (Å²) >= 11 is 0. The van der Waals surface area contributed by atoms with Gasteiger partial charge in [0.15, 0.2) is 0 Å². The van der Waals surface area contributed by atoms with Gasteiger partial charge in [-0.1, -0.05) is 121 Å². The molecule has 0 aromatic heterocycles. The van der Waals surface area contributed by atoms with Crippen LogP contribution in [0.3, 0.4) is 0 Å². The van der Waals surface area contributed by atoms with Crippen molar-refractivity contribution in [3.8, 4) is 0 Å². The van der Waals surface area contributed by atoms with Gasteiger partial charge in [-0.3, -0.25) is 15.3 Å². The molecule has 242 valence electrons. The van der Waals surface area contributed by atoms with Gasteiger partial charge in [0.2, 0.25) is 0 Å². The van der Waals surface area contributed by atoms with Crippen LogP contribution < -0.4 is 16.8 Å². The third kappa shape index (κ3) is 11.4. The Bertz CT molecular complexity index is 1420. The molecule has 8 heteroatoms. The van der Waals surface area contributed by atoms with Crippen molar-refractivity contribution in [3.05, 3.63) is 144 Å². The van der Waals surface area contributed by atoms with Crippen LogP contribution in [0.4, 0.5) is 0 Å². The quantitative estimate of drug-likeness (QED) is 0.0625. The van der Waals surface area contributed by atoms with Crippen molar-refractivity contribution in [2.45, 2.75) is 24.8 Å². The molecule has 0 radical (unpaired) electrons. The topological polar surface area (TPSA) is 116 Å². The van der Waals surface area contributed by atoms with Gasteiger partial charge in [0, 0.05) is 36.2 Å². The first-order chi connectivity index (χ1) is 22.8. The lowest BCUT2D eigenvalue weighted by Gasteiger charge is -2.29. The predicted octanol–water partition coefficient (Wildman–Crippen LogP) is 5.70. The summed E-state index contributed by atoms with van der Waals surface area (Å²) in [7, 11) is 0. The van der Waals surface area contributed by atoms with Crippen LogP contribution in [0.15, 0.2) is 131 Å². The van der Waals surface area contributed by atoms with Crippen LogP contribution >= 0.6 is 0 Å². The van der Waals surface area contributed by atoms with E-state index in [1.807, 2.05) is 66.7 Å². The summed E-state index contributed by atoms with van der Waals surface area (Å²) in [5.74, 6) is 0.224. The summed E-state index contributed by atoms with van der Waals surface area (Å²) < 4.78 is 17.2. The number of hydrogen-bond acceptors (Lipinski definition) is 8. The number of nitrogens with two attached hydrogens (primary N) is 2. The smallest absolute Gasteiger partial charge is 0.138 e. The third-order valence-electron chi connectivity index (χ3n) is 7.52. The van der Waals surface area contributed by atoms with E-state index >= 15 is 0 Å². The molecule has 0 heterocycles. The molecule has 0 spiro atoms. The molecule has 2 unspecified atom stereocenters. The lowest BCUT2D eigenvalue weighted by Crippen LogP contribution is -2.30. The van der Waals surface area contributed by atoms with Crippen LogP contribution in [0.1, 0.15) is 47.1 Å². The summed E-state index contributed by atoms with van der Waals surface area (Å²) in [5.41, 5.74) is 17.2. The van der Waals surface area contributed by atoms with Gasteiger partial charge in [-0.25, -0.2) is 0 Å². The second kappa shape index (κ2) is 20.9. The van der Waals surface area contributed by atoms with Crippen LogP contribution in [-0.2, 0) is 14.2 Å². The fraction of sp³-hybridized carbons (Fsp3) is 0.316. The molecule has 4 aromatic rings. The Morgan fingerprint density at radius 2 is 1.17 bits per heavy atom. The van der Waals surface area contributed by atoms with Crippen molar-refractivity contribution in [2.75, 3.05) is 53.1 Å². The number of nitrogens with one attached hydrogen (secondary N) is 1. The van der Waals surface area contributed by atoms with Crippen molar-refractivity contribution < 1.29 is 14.2 Å². The van der Waals surface area contributed by atoms with E-state index in [1.54, 1.807) is 0 Å². The Labute approximate surface area is 273 Å². The third-order valence-corrected chi connectivity index (χ3v) is 7.52. The maximum absolute atomic E-state index is 6.16. The Morgan fingerprint density at radius 3 is 1.76 bits per heavy atom. The lowest BCUT2D eigenvalue weighted by molar-refractivity contribution is 0.108.